The van der Waals surface area contributed by atoms with Gasteiger partial charge >= 0.3 is 0 Å². The van der Waals surface area contributed by atoms with Gasteiger partial charge in [0.15, 0.2) is 5.78 Å². The fourth-order valence-electron chi connectivity index (χ4n) is 3.89. The summed E-state index contributed by atoms with van der Waals surface area (Å²) in [7, 11) is 0. The van der Waals surface area contributed by atoms with Gasteiger partial charge in [-0.25, -0.2) is 0 Å². The standard InChI is InChI=1S/C25H41O.C6H12O/c1-2-3-4-5-6-7-8-9-10-11-12-13-14-15-16-20-23-25(26)24-21-18-17-19-22-24;1-3-4-5-6(2)7/h17-19,21-23H,2-16,20H2,1H3;3-5H2,1-2H3. The third kappa shape index (κ3) is 23.5. The van der Waals surface area contributed by atoms with Gasteiger partial charge in [-0.05, 0) is 19.8 Å². The Hall–Kier alpha value is -1.44. The number of benzene rings is 1. The average molecular weight is 458 g/mol. The van der Waals surface area contributed by atoms with E-state index in [9.17, 15) is 9.59 Å². The van der Waals surface area contributed by atoms with E-state index in [1.54, 1.807) is 6.92 Å². The summed E-state index contributed by atoms with van der Waals surface area (Å²) in [6.07, 6.45) is 26.5. The normalized spacial score (nSPS) is 10.5. The first kappa shape index (κ1) is 31.6. The third-order valence-electron chi connectivity index (χ3n) is 6.08. The van der Waals surface area contributed by atoms with Crippen LogP contribution in [0.4, 0.5) is 0 Å². The molecule has 2 heteroatoms. The Morgan fingerprint density at radius 2 is 1.03 bits per heavy atom. The zero-order valence-electron chi connectivity index (χ0n) is 22.2. The first-order valence-electron chi connectivity index (χ1n) is 14.0. The van der Waals surface area contributed by atoms with Crippen LogP contribution in [0.25, 0.3) is 0 Å². The highest BCUT2D eigenvalue weighted by atomic mass is 16.1. The maximum atomic E-state index is 11.9. The molecule has 2 nitrogen and oxygen atoms in total. The third-order valence-corrected chi connectivity index (χ3v) is 6.08. The summed E-state index contributed by atoms with van der Waals surface area (Å²) >= 11 is 0. The fraction of sp³-hybridized carbons (Fsp3) is 0.710. The highest BCUT2D eigenvalue weighted by Crippen LogP contribution is 2.14. The maximum Gasteiger partial charge on any atom is 0.166 e. The number of hydrogen-bond donors (Lipinski definition) is 0. The van der Waals surface area contributed by atoms with Crippen molar-refractivity contribution in [3.63, 3.8) is 0 Å². The summed E-state index contributed by atoms with van der Waals surface area (Å²) in [6.45, 7) is 6.00. The highest BCUT2D eigenvalue weighted by Gasteiger charge is 2.04. The topological polar surface area (TPSA) is 34.1 Å². The minimum atomic E-state index is 0.177. The van der Waals surface area contributed by atoms with Crippen molar-refractivity contribution in [2.45, 2.75) is 143 Å². The van der Waals surface area contributed by atoms with Crippen molar-refractivity contribution in [1.29, 1.82) is 0 Å². The van der Waals surface area contributed by atoms with Gasteiger partial charge < -0.3 is 4.79 Å². The zero-order chi connectivity index (χ0) is 24.4. The number of ketones is 2. The van der Waals surface area contributed by atoms with Crippen molar-refractivity contribution in [2.24, 2.45) is 0 Å². The van der Waals surface area contributed by atoms with Crippen LogP contribution in [0.1, 0.15) is 153 Å². The van der Waals surface area contributed by atoms with E-state index in [-0.39, 0.29) is 5.78 Å². The van der Waals surface area contributed by atoms with Gasteiger partial charge in [-0.2, -0.15) is 0 Å². The molecule has 189 valence electrons. The Kier molecular flexibility index (Phi) is 24.1. The SMILES string of the molecule is CCCCC(C)=O.CCCCCCCCCCCCCCCCC[CH]C(=O)c1ccccc1. The van der Waals surface area contributed by atoms with Crippen LogP contribution in [0.15, 0.2) is 30.3 Å². The second kappa shape index (κ2) is 25.2. The summed E-state index contributed by atoms with van der Waals surface area (Å²) in [4.78, 5) is 22.1. The smallest absolute Gasteiger partial charge is 0.166 e. The van der Waals surface area contributed by atoms with E-state index in [0.29, 0.717) is 5.78 Å². The predicted octanol–water partition coefficient (Wildman–Crippen LogP) is 10.1. The Morgan fingerprint density at radius 1 is 0.606 bits per heavy atom. The molecule has 33 heavy (non-hydrogen) atoms. The Balaban J connectivity index is 0.00000126. The molecule has 0 unspecified atom stereocenters. The number of hydrogen-bond acceptors (Lipinski definition) is 2. The van der Waals surface area contributed by atoms with E-state index < -0.39 is 0 Å². The fourth-order valence-corrected chi connectivity index (χ4v) is 3.89. The van der Waals surface area contributed by atoms with Crippen LogP contribution in [0.3, 0.4) is 0 Å². The molecule has 0 spiro atoms. The second-order valence-corrected chi connectivity index (χ2v) is 9.48. The van der Waals surface area contributed by atoms with Crippen molar-refractivity contribution >= 4 is 11.6 Å². The molecule has 0 fully saturated rings. The van der Waals surface area contributed by atoms with Crippen LogP contribution in [-0.2, 0) is 4.79 Å². The van der Waals surface area contributed by atoms with Crippen molar-refractivity contribution in [1.82, 2.24) is 0 Å². The number of carbonyl (C=O) groups is 2. The highest BCUT2D eigenvalue weighted by molar-refractivity contribution is 6.02. The van der Waals surface area contributed by atoms with Gasteiger partial charge in [-0.15, -0.1) is 0 Å². The lowest BCUT2D eigenvalue weighted by Crippen LogP contribution is -1.99. The molecule has 1 aromatic rings. The molecule has 0 N–H and O–H groups in total. The molecule has 0 heterocycles. The molecule has 0 aliphatic heterocycles. The van der Waals surface area contributed by atoms with E-state index >= 15 is 0 Å². The van der Waals surface area contributed by atoms with Crippen LogP contribution in [0, 0.1) is 6.42 Å². The Labute approximate surface area is 206 Å². The van der Waals surface area contributed by atoms with Gasteiger partial charge in [0, 0.05) is 18.4 Å². The van der Waals surface area contributed by atoms with Crippen molar-refractivity contribution in [3.05, 3.63) is 42.3 Å². The molecule has 1 radical (unpaired) electrons. The van der Waals surface area contributed by atoms with Crippen LogP contribution in [-0.4, -0.2) is 11.6 Å². The van der Waals surface area contributed by atoms with E-state index in [2.05, 4.69) is 13.8 Å². The molecule has 0 saturated carbocycles. The van der Waals surface area contributed by atoms with E-state index in [1.807, 2.05) is 36.8 Å². The lowest BCUT2D eigenvalue weighted by Gasteiger charge is -2.04. The minimum absolute atomic E-state index is 0.177. The van der Waals surface area contributed by atoms with Crippen LogP contribution in [0.2, 0.25) is 0 Å². The van der Waals surface area contributed by atoms with E-state index in [1.165, 1.54) is 89.9 Å². The molecule has 0 atom stereocenters. The largest absolute Gasteiger partial charge is 0.300 e. The number of carbonyl (C=O) groups excluding carboxylic acids is 2. The quantitative estimate of drug-likeness (QED) is 0.136. The van der Waals surface area contributed by atoms with E-state index in [4.69, 9.17) is 0 Å². The van der Waals surface area contributed by atoms with Gasteiger partial charge in [-0.1, -0.05) is 147 Å². The summed E-state index contributed by atoms with van der Waals surface area (Å²) in [5.74, 6) is 0.484. The van der Waals surface area contributed by atoms with Crippen molar-refractivity contribution in [3.8, 4) is 0 Å². The summed E-state index contributed by atoms with van der Waals surface area (Å²) in [5.41, 5.74) is 0.813. The second-order valence-electron chi connectivity index (χ2n) is 9.48. The van der Waals surface area contributed by atoms with E-state index in [0.717, 1.165) is 37.7 Å². The van der Waals surface area contributed by atoms with Gasteiger partial charge in [0.1, 0.15) is 5.78 Å². The molecule has 0 aliphatic carbocycles. The molecule has 0 aromatic heterocycles. The zero-order valence-corrected chi connectivity index (χ0v) is 22.2. The van der Waals surface area contributed by atoms with Crippen molar-refractivity contribution < 1.29 is 9.59 Å². The lowest BCUT2D eigenvalue weighted by atomic mass is 10.0. The summed E-state index contributed by atoms with van der Waals surface area (Å²) in [5, 5.41) is 0. The van der Waals surface area contributed by atoms with Gasteiger partial charge in [0.25, 0.3) is 0 Å². The Bertz CT molecular complexity index is 549. The first-order chi connectivity index (χ1) is 16.1. The van der Waals surface area contributed by atoms with Crippen molar-refractivity contribution in [2.75, 3.05) is 0 Å². The lowest BCUT2D eigenvalue weighted by molar-refractivity contribution is -0.117. The Morgan fingerprint density at radius 3 is 1.42 bits per heavy atom. The summed E-state index contributed by atoms with van der Waals surface area (Å²) < 4.78 is 0. The molecule has 1 rings (SSSR count). The van der Waals surface area contributed by atoms with Gasteiger partial charge in [-0.3, -0.25) is 4.79 Å². The maximum absolute atomic E-state index is 11.9. The average Bonchev–Trinajstić information content (AvgIpc) is 2.83. The number of unbranched alkanes of at least 4 members (excludes halogenated alkanes) is 16. The molecule has 0 saturated heterocycles. The van der Waals surface area contributed by atoms with Crippen LogP contribution in [0.5, 0.6) is 0 Å². The molecule has 0 amide bonds. The minimum Gasteiger partial charge on any atom is -0.300 e. The summed E-state index contributed by atoms with van der Waals surface area (Å²) in [6, 6.07) is 9.59. The number of rotatable bonds is 21. The molecule has 0 bridgehead atoms. The first-order valence-corrected chi connectivity index (χ1v) is 14.0. The van der Waals surface area contributed by atoms with Gasteiger partial charge in [0.2, 0.25) is 0 Å². The van der Waals surface area contributed by atoms with Crippen LogP contribution >= 0.6 is 0 Å². The molecule has 1 aromatic carbocycles. The predicted molar refractivity (Wildman–Crippen MR) is 145 cm³/mol. The van der Waals surface area contributed by atoms with Crippen LogP contribution < -0.4 is 0 Å². The molecule has 0 aliphatic rings. The number of Topliss-reactive ketones (excluding diaryl/α,β-unsaturated/α-hetero) is 2. The monoisotopic (exact) mass is 457 g/mol. The van der Waals surface area contributed by atoms with Gasteiger partial charge in [0.05, 0.1) is 0 Å². The molecular weight excluding hydrogens is 404 g/mol. The molecular formula is C31H53O2.